The molecule has 1 aromatic heterocycles. The highest BCUT2D eigenvalue weighted by Crippen LogP contribution is 2.39. The van der Waals surface area contributed by atoms with Gasteiger partial charge in [0.15, 0.2) is 5.76 Å². The Kier molecular flexibility index (Phi) is 6.78. The molecule has 1 aromatic carbocycles. The van der Waals surface area contributed by atoms with Gasteiger partial charge in [-0.15, -0.1) is 0 Å². The van der Waals surface area contributed by atoms with Crippen LogP contribution in [0.2, 0.25) is 0 Å². The number of piperidine rings is 1. The lowest BCUT2D eigenvalue weighted by molar-refractivity contribution is -0.402. The first-order chi connectivity index (χ1) is 15.8. The van der Waals surface area contributed by atoms with Crippen molar-refractivity contribution in [3.05, 3.63) is 63.9 Å². The van der Waals surface area contributed by atoms with E-state index >= 15 is 0 Å². The molecular weight excluding hydrogens is 426 g/mol. The topological polar surface area (TPSA) is 106 Å². The van der Waals surface area contributed by atoms with Gasteiger partial charge in [0.1, 0.15) is 4.92 Å². The molecule has 0 bridgehead atoms. The third kappa shape index (κ3) is 5.42. The predicted octanol–water partition coefficient (Wildman–Crippen LogP) is 3.64. The molecule has 2 aliphatic rings. The minimum Gasteiger partial charge on any atom is -0.395 e. The Morgan fingerprint density at radius 1 is 1.18 bits per heavy atom. The molecule has 4 rings (SSSR count). The highest BCUT2D eigenvalue weighted by atomic mass is 16.6. The van der Waals surface area contributed by atoms with Crippen LogP contribution in [0.5, 0.6) is 0 Å². The second kappa shape index (κ2) is 9.74. The zero-order valence-electron chi connectivity index (χ0n) is 18.8. The number of furan rings is 1. The third-order valence-corrected chi connectivity index (χ3v) is 6.69. The quantitative estimate of drug-likeness (QED) is 0.486. The average molecular weight is 456 g/mol. The number of nitrogens with zero attached hydrogens (tertiary/aromatic N) is 3. The number of carbonyl (C=O) groups is 2. The molecule has 2 saturated heterocycles. The van der Waals surface area contributed by atoms with Gasteiger partial charge in [0.2, 0.25) is 5.91 Å². The molecule has 2 amide bonds. The summed E-state index contributed by atoms with van der Waals surface area (Å²) in [6.07, 6.45) is 3.49. The van der Waals surface area contributed by atoms with Crippen molar-refractivity contribution in [1.82, 2.24) is 9.80 Å². The summed E-state index contributed by atoms with van der Waals surface area (Å²) in [5.74, 6) is -0.422. The number of ether oxygens (including phenoxy) is 1. The van der Waals surface area contributed by atoms with E-state index in [1.807, 2.05) is 37.4 Å². The second-order valence-electron chi connectivity index (χ2n) is 9.02. The number of nitro groups is 1. The third-order valence-electron chi connectivity index (χ3n) is 6.69. The van der Waals surface area contributed by atoms with E-state index in [1.165, 1.54) is 12.1 Å². The van der Waals surface area contributed by atoms with Crippen molar-refractivity contribution < 1.29 is 23.7 Å². The van der Waals surface area contributed by atoms with E-state index < -0.39 is 10.8 Å². The van der Waals surface area contributed by atoms with Crippen molar-refractivity contribution in [2.45, 2.75) is 44.2 Å². The average Bonchev–Trinajstić information content (AvgIpc) is 3.31. The Labute approximate surface area is 192 Å². The largest absolute Gasteiger partial charge is 0.433 e. The summed E-state index contributed by atoms with van der Waals surface area (Å²) in [6.45, 7) is 2.18. The molecule has 0 N–H and O–H groups in total. The van der Waals surface area contributed by atoms with E-state index in [0.717, 1.165) is 18.4 Å². The number of amides is 2. The lowest BCUT2D eigenvalue weighted by atomic mass is 9.78. The van der Waals surface area contributed by atoms with Crippen LogP contribution in [0.25, 0.3) is 0 Å². The van der Waals surface area contributed by atoms with Crippen molar-refractivity contribution in [3.63, 3.8) is 0 Å². The molecule has 3 heterocycles. The van der Waals surface area contributed by atoms with Crippen LogP contribution in [0.4, 0.5) is 5.88 Å². The molecule has 1 spiro atoms. The highest BCUT2D eigenvalue weighted by Gasteiger charge is 2.42. The van der Waals surface area contributed by atoms with Crippen molar-refractivity contribution in [2.75, 3.05) is 26.7 Å². The lowest BCUT2D eigenvalue weighted by Gasteiger charge is -2.46. The number of hydrogen-bond donors (Lipinski definition) is 0. The van der Waals surface area contributed by atoms with E-state index in [0.29, 0.717) is 45.5 Å². The monoisotopic (exact) mass is 455 g/mol. The smallest absolute Gasteiger partial charge is 0.395 e. The summed E-state index contributed by atoms with van der Waals surface area (Å²) in [5.41, 5.74) is 0.781. The van der Waals surface area contributed by atoms with Gasteiger partial charge < -0.3 is 19.0 Å². The van der Waals surface area contributed by atoms with E-state index in [1.54, 1.807) is 9.80 Å². The summed E-state index contributed by atoms with van der Waals surface area (Å²) in [4.78, 5) is 39.0. The predicted molar refractivity (Wildman–Crippen MR) is 119 cm³/mol. The van der Waals surface area contributed by atoms with Gasteiger partial charge in [-0.05, 0) is 43.2 Å². The van der Waals surface area contributed by atoms with Crippen molar-refractivity contribution >= 4 is 17.7 Å². The molecule has 9 nitrogen and oxygen atoms in total. The molecule has 176 valence electrons. The number of carbonyl (C=O) groups excluding carboxylic acids is 2. The maximum atomic E-state index is 12.8. The first-order valence-electron chi connectivity index (χ1n) is 11.3. The normalized spacial score (nSPS) is 19.9. The number of benzene rings is 1. The molecule has 0 radical (unpaired) electrons. The number of likely N-dealkylation sites (tertiary alicyclic amines) is 1. The highest BCUT2D eigenvalue weighted by molar-refractivity contribution is 5.91. The molecule has 0 aliphatic carbocycles. The maximum absolute atomic E-state index is 12.8. The van der Waals surface area contributed by atoms with Crippen molar-refractivity contribution in [3.8, 4) is 0 Å². The Bertz CT molecular complexity index is 997. The fourth-order valence-electron chi connectivity index (χ4n) is 4.81. The van der Waals surface area contributed by atoms with Crippen molar-refractivity contribution in [2.24, 2.45) is 5.92 Å². The van der Waals surface area contributed by atoms with Crippen LogP contribution in [0, 0.1) is 16.0 Å². The molecule has 2 aliphatic heterocycles. The van der Waals surface area contributed by atoms with E-state index in [2.05, 4.69) is 0 Å². The zero-order chi connectivity index (χ0) is 23.4. The molecule has 2 fully saturated rings. The van der Waals surface area contributed by atoms with Crippen LogP contribution in [0.3, 0.4) is 0 Å². The molecule has 33 heavy (non-hydrogen) atoms. The summed E-state index contributed by atoms with van der Waals surface area (Å²) < 4.78 is 11.2. The minimum absolute atomic E-state index is 0.0212. The first kappa shape index (κ1) is 23.0. The van der Waals surface area contributed by atoms with Crippen LogP contribution in [0.15, 0.2) is 46.9 Å². The number of hydrogen-bond acceptors (Lipinski definition) is 6. The van der Waals surface area contributed by atoms with Gasteiger partial charge in [0.25, 0.3) is 5.91 Å². The van der Waals surface area contributed by atoms with Gasteiger partial charge in [0.05, 0.1) is 11.7 Å². The molecule has 1 unspecified atom stereocenters. The molecule has 2 aromatic rings. The zero-order valence-corrected chi connectivity index (χ0v) is 18.8. The van der Waals surface area contributed by atoms with Crippen LogP contribution < -0.4 is 0 Å². The Hall–Kier alpha value is -3.20. The van der Waals surface area contributed by atoms with Gasteiger partial charge in [-0.1, -0.05) is 30.3 Å². The van der Waals surface area contributed by atoms with Gasteiger partial charge in [0, 0.05) is 39.7 Å². The van der Waals surface area contributed by atoms with Crippen LogP contribution in [-0.4, -0.2) is 58.9 Å². The van der Waals surface area contributed by atoms with E-state index in [9.17, 15) is 19.7 Å². The Morgan fingerprint density at radius 3 is 2.58 bits per heavy atom. The summed E-state index contributed by atoms with van der Waals surface area (Å²) in [6, 6.07) is 12.5. The molecule has 9 heteroatoms. The molecule has 0 saturated carbocycles. The fraction of sp³-hybridized carbons (Fsp3) is 0.500. The summed E-state index contributed by atoms with van der Waals surface area (Å²) in [7, 11) is 1.84. The lowest BCUT2D eigenvalue weighted by Crippen LogP contribution is -2.51. The first-order valence-corrected chi connectivity index (χ1v) is 11.3. The Morgan fingerprint density at radius 2 is 1.91 bits per heavy atom. The fourth-order valence-corrected chi connectivity index (χ4v) is 4.81. The van der Waals surface area contributed by atoms with Gasteiger partial charge in [-0.25, -0.2) is 0 Å². The standard InChI is InChI=1S/C24H29N3O6/c1-25(17-18-5-3-2-4-6-18)21(28)15-19-9-14-32-24(16-19)10-12-26(13-11-24)23(29)20-7-8-22(33-20)27(30)31/h2-8,19H,9-17H2,1H3. The summed E-state index contributed by atoms with van der Waals surface area (Å²) in [5, 5.41) is 10.8. The minimum atomic E-state index is -0.656. The van der Waals surface area contributed by atoms with Gasteiger partial charge in [-0.3, -0.25) is 19.7 Å². The molecular formula is C24H29N3O6. The van der Waals surface area contributed by atoms with Gasteiger partial charge in [-0.2, -0.15) is 0 Å². The Balaban J connectivity index is 1.29. The van der Waals surface area contributed by atoms with Crippen molar-refractivity contribution in [1.29, 1.82) is 0 Å². The van der Waals surface area contributed by atoms with E-state index in [4.69, 9.17) is 9.15 Å². The van der Waals surface area contributed by atoms with Crippen LogP contribution >= 0.6 is 0 Å². The SMILES string of the molecule is CN(Cc1ccccc1)C(=O)CC1CCOC2(CCN(C(=O)c3ccc([N+](=O)[O-])o3)CC2)C1. The van der Waals surface area contributed by atoms with Crippen LogP contribution in [0.1, 0.15) is 48.2 Å². The van der Waals surface area contributed by atoms with E-state index in [-0.39, 0.29) is 29.1 Å². The number of rotatable bonds is 6. The summed E-state index contributed by atoms with van der Waals surface area (Å²) >= 11 is 0. The molecule has 1 atom stereocenters. The van der Waals surface area contributed by atoms with Gasteiger partial charge >= 0.3 is 5.88 Å². The van der Waals surface area contributed by atoms with Crippen LogP contribution in [-0.2, 0) is 16.1 Å². The maximum Gasteiger partial charge on any atom is 0.433 e. The second-order valence-corrected chi connectivity index (χ2v) is 9.02.